The predicted octanol–water partition coefficient (Wildman–Crippen LogP) is 0.826. The van der Waals surface area contributed by atoms with Gasteiger partial charge in [0, 0.05) is 13.2 Å². The first-order chi connectivity index (χ1) is 6.99. The lowest BCUT2D eigenvalue weighted by molar-refractivity contribution is 0.0515. The van der Waals surface area contributed by atoms with E-state index in [2.05, 4.69) is 0 Å². The van der Waals surface area contributed by atoms with Crippen LogP contribution in [0.3, 0.4) is 0 Å². The Morgan fingerprint density at radius 1 is 1.60 bits per heavy atom. The monoisotopic (exact) mass is 251 g/mol. The first kappa shape index (κ1) is 12.1. The highest BCUT2D eigenvalue weighted by Crippen LogP contribution is 2.24. The van der Waals surface area contributed by atoms with Crippen LogP contribution in [0, 0.1) is 0 Å². The van der Waals surface area contributed by atoms with Crippen LogP contribution >= 0.6 is 11.6 Å². The summed E-state index contributed by atoms with van der Waals surface area (Å²) in [6.45, 7) is 1.86. The summed E-state index contributed by atoms with van der Waals surface area (Å²) in [5, 5.41) is -0.0907. The van der Waals surface area contributed by atoms with Crippen molar-refractivity contribution in [2.75, 3.05) is 6.61 Å². The number of ether oxygens (including phenoxy) is 1. The van der Waals surface area contributed by atoms with Crippen molar-refractivity contribution >= 4 is 28.3 Å². The van der Waals surface area contributed by atoms with Gasteiger partial charge in [-0.15, -0.1) is 0 Å². The van der Waals surface area contributed by atoms with Crippen molar-refractivity contribution in [2.24, 2.45) is 7.05 Å². The number of carbonyl (C=O) groups is 1. The number of carbonyl (C=O) groups excluding carboxylic acids is 1. The summed E-state index contributed by atoms with van der Waals surface area (Å²) in [5.74, 6) is -0.631. The molecule has 0 N–H and O–H groups in total. The van der Waals surface area contributed by atoms with E-state index in [1.54, 1.807) is 6.92 Å². The number of aromatic nitrogens is 1. The SMILES string of the molecule is CCOC(=O)c1c(Cl)c([SH](=O)=O)cn1C. The lowest BCUT2D eigenvalue weighted by atomic mass is 10.4. The van der Waals surface area contributed by atoms with E-state index < -0.39 is 16.7 Å². The molecule has 0 amide bonds. The quantitative estimate of drug-likeness (QED) is 0.638. The van der Waals surface area contributed by atoms with Gasteiger partial charge in [0.15, 0.2) is 10.7 Å². The smallest absolute Gasteiger partial charge is 0.356 e. The molecule has 0 aliphatic rings. The number of thiol groups is 1. The zero-order valence-electron chi connectivity index (χ0n) is 8.19. The molecule has 0 bridgehead atoms. The minimum absolute atomic E-state index is 0.0488. The van der Waals surface area contributed by atoms with E-state index in [1.807, 2.05) is 0 Å². The van der Waals surface area contributed by atoms with Crippen molar-refractivity contribution in [3.05, 3.63) is 16.9 Å². The molecule has 0 aliphatic heterocycles. The number of nitrogens with zero attached hydrogens (tertiary/aromatic N) is 1. The molecule has 7 heteroatoms. The number of halogens is 1. The molecule has 1 aromatic rings. The summed E-state index contributed by atoms with van der Waals surface area (Å²) in [6.07, 6.45) is 1.28. The van der Waals surface area contributed by atoms with Gasteiger partial charge in [0.1, 0.15) is 10.6 Å². The molecule has 15 heavy (non-hydrogen) atoms. The minimum atomic E-state index is -2.81. The summed E-state index contributed by atoms with van der Waals surface area (Å²) in [7, 11) is -1.28. The van der Waals surface area contributed by atoms with Crippen LogP contribution in [0.1, 0.15) is 17.4 Å². The molecular formula is C8H10ClNO4S. The molecule has 0 spiro atoms. The summed E-state index contributed by atoms with van der Waals surface area (Å²) < 4.78 is 27.6. The van der Waals surface area contributed by atoms with Crippen LogP contribution in [0.4, 0.5) is 0 Å². The molecular weight excluding hydrogens is 242 g/mol. The lowest BCUT2D eigenvalue weighted by Gasteiger charge is -2.02. The van der Waals surface area contributed by atoms with E-state index in [1.165, 1.54) is 17.8 Å². The zero-order chi connectivity index (χ0) is 11.6. The first-order valence-electron chi connectivity index (χ1n) is 4.15. The Balaban J connectivity index is 3.25. The fourth-order valence-electron chi connectivity index (χ4n) is 1.14. The number of rotatable bonds is 3. The highest BCUT2D eigenvalue weighted by molar-refractivity contribution is 7.72. The second kappa shape index (κ2) is 4.67. The van der Waals surface area contributed by atoms with Gasteiger partial charge in [0.2, 0.25) is 0 Å². The van der Waals surface area contributed by atoms with Crippen LogP contribution in [0.2, 0.25) is 5.02 Å². The van der Waals surface area contributed by atoms with Gasteiger partial charge < -0.3 is 9.30 Å². The van der Waals surface area contributed by atoms with Crippen molar-refractivity contribution in [3.8, 4) is 0 Å². The van der Waals surface area contributed by atoms with Crippen LogP contribution in [0.5, 0.6) is 0 Å². The maximum absolute atomic E-state index is 11.4. The molecule has 1 rings (SSSR count). The largest absolute Gasteiger partial charge is 0.461 e. The fourth-order valence-corrected chi connectivity index (χ4v) is 2.14. The standard InChI is InChI=1S/C8H10ClNO4S/c1-3-14-8(11)7-6(9)5(15(12)13)4-10(7)2/h4,15H,3H2,1-2H3. The van der Waals surface area contributed by atoms with Crippen molar-refractivity contribution in [1.29, 1.82) is 0 Å². The maximum Gasteiger partial charge on any atom is 0.356 e. The molecule has 84 valence electrons. The third-order valence-corrected chi connectivity index (χ3v) is 3.01. The Kier molecular flexibility index (Phi) is 3.76. The third-order valence-electron chi connectivity index (χ3n) is 1.77. The van der Waals surface area contributed by atoms with E-state index in [9.17, 15) is 13.2 Å². The van der Waals surface area contributed by atoms with Crippen molar-refractivity contribution in [1.82, 2.24) is 4.57 Å². The second-order valence-corrected chi connectivity index (χ2v) is 4.14. The molecule has 0 atom stereocenters. The first-order valence-corrected chi connectivity index (χ1v) is 5.70. The van der Waals surface area contributed by atoms with Crippen LogP contribution in [0.25, 0.3) is 0 Å². The van der Waals surface area contributed by atoms with Gasteiger partial charge in [0.05, 0.1) is 11.6 Å². The maximum atomic E-state index is 11.4. The van der Waals surface area contributed by atoms with Gasteiger partial charge in [-0.05, 0) is 6.92 Å². The van der Waals surface area contributed by atoms with Crippen LogP contribution in [-0.2, 0) is 22.5 Å². The molecule has 0 radical (unpaired) electrons. The zero-order valence-corrected chi connectivity index (χ0v) is 9.84. The number of hydrogen-bond donors (Lipinski definition) is 1. The predicted molar refractivity (Wildman–Crippen MR) is 55.0 cm³/mol. The number of esters is 1. The van der Waals surface area contributed by atoms with Crippen LogP contribution in [0.15, 0.2) is 11.1 Å². The third kappa shape index (κ3) is 2.32. The van der Waals surface area contributed by atoms with E-state index in [4.69, 9.17) is 16.3 Å². The Morgan fingerprint density at radius 2 is 2.20 bits per heavy atom. The number of aryl methyl sites for hydroxylation is 1. The molecule has 0 saturated heterocycles. The van der Waals surface area contributed by atoms with Gasteiger partial charge in [-0.25, -0.2) is 13.2 Å². The van der Waals surface area contributed by atoms with Gasteiger partial charge >= 0.3 is 5.97 Å². The highest BCUT2D eigenvalue weighted by Gasteiger charge is 2.21. The fraction of sp³-hybridized carbons (Fsp3) is 0.375. The minimum Gasteiger partial charge on any atom is -0.461 e. The van der Waals surface area contributed by atoms with E-state index in [0.29, 0.717) is 0 Å². The molecule has 0 unspecified atom stereocenters. The lowest BCUT2D eigenvalue weighted by Crippen LogP contribution is -2.09. The molecule has 0 saturated carbocycles. The molecule has 1 heterocycles. The Hall–Kier alpha value is -1.01. The van der Waals surface area contributed by atoms with E-state index >= 15 is 0 Å². The highest BCUT2D eigenvalue weighted by atomic mass is 35.5. The van der Waals surface area contributed by atoms with Crippen molar-refractivity contribution in [3.63, 3.8) is 0 Å². The van der Waals surface area contributed by atoms with Crippen molar-refractivity contribution in [2.45, 2.75) is 11.8 Å². The van der Waals surface area contributed by atoms with E-state index in [0.717, 1.165) is 0 Å². The number of hydrogen-bond acceptors (Lipinski definition) is 4. The van der Waals surface area contributed by atoms with Crippen LogP contribution in [-0.4, -0.2) is 25.6 Å². The summed E-state index contributed by atoms with van der Waals surface area (Å²) in [5.41, 5.74) is 0.0488. The van der Waals surface area contributed by atoms with Crippen LogP contribution < -0.4 is 0 Å². The van der Waals surface area contributed by atoms with Gasteiger partial charge in [0.25, 0.3) is 0 Å². The summed E-state index contributed by atoms with van der Waals surface area (Å²) >= 11 is 5.75. The molecule has 5 nitrogen and oxygen atoms in total. The Labute approximate surface area is 93.5 Å². The van der Waals surface area contributed by atoms with Gasteiger partial charge in [-0.3, -0.25) is 0 Å². The van der Waals surface area contributed by atoms with Gasteiger partial charge in [-0.1, -0.05) is 11.6 Å². The molecule has 0 fully saturated rings. The molecule has 1 aromatic heterocycles. The summed E-state index contributed by atoms with van der Waals surface area (Å²) in [6, 6.07) is 0. The molecule has 0 aliphatic carbocycles. The average molecular weight is 252 g/mol. The van der Waals surface area contributed by atoms with E-state index in [-0.39, 0.29) is 22.2 Å². The second-order valence-electron chi connectivity index (χ2n) is 2.77. The summed E-state index contributed by atoms with van der Waals surface area (Å²) in [4.78, 5) is 11.3. The molecule has 0 aromatic carbocycles. The van der Waals surface area contributed by atoms with Crippen molar-refractivity contribution < 1.29 is 17.9 Å². The Morgan fingerprint density at radius 3 is 2.60 bits per heavy atom. The Bertz CT molecular complexity index is 455. The normalized spacial score (nSPS) is 10.7. The topological polar surface area (TPSA) is 65.4 Å². The average Bonchev–Trinajstić information content (AvgIpc) is 2.42. The van der Waals surface area contributed by atoms with Gasteiger partial charge in [-0.2, -0.15) is 0 Å².